The average molecular weight is 1800 g/mol. The number of H-pyrrole nitrogens is 2. The number of nitrogens with zero attached hydrogens (tertiary/aromatic N) is 3. The average Bonchev–Trinajstić information content (AvgIpc) is 0.858. The fourth-order valence-electron chi connectivity index (χ4n) is 9.15. The van der Waals surface area contributed by atoms with Crippen molar-refractivity contribution in [3.05, 3.63) is 349 Å². The van der Waals surface area contributed by atoms with Crippen LogP contribution in [0.15, 0.2) is 231 Å². The first-order valence-corrected chi connectivity index (χ1v) is 36.9. The van der Waals surface area contributed by atoms with Gasteiger partial charge in [0.2, 0.25) is 0 Å². The smallest absolute Gasteiger partial charge is 0.356 e. The van der Waals surface area contributed by atoms with Gasteiger partial charge in [-0.15, -0.1) is 0 Å². The van der Waals surface area contributed by atoms with Gasteiger partial charge in [-0.05, 0) is 148 Å². The Morgan fingerprint density at radius 1 is 0.361 bits per heavy atom. The predicted molar refractivity (Wildman–Crippen MR) is 457 cm³/mol. The molecule has 33 heteroatoms. The zero-order valence-corrected chi connectivity index (χ0v) is 69.1. The Bertz CT molecular complexity index is 5430. The maximum Gasteiger partial charge on any atom is 0.356 e. The summed E-state index contributed by atoms with van der Waals surface area (Å²) in [5, 5.41) is 70.9. The zero-order chi connectivity index (χ0) is 90.2. The van der Waals surface area contributed by atoms with Crippen LogP contribution in [0.4, 0.5) is 0 Å². The Kier molecular flexibility index (Phi) is 43.6. The van der Waals surface area contributed by atoms with E-state index in [0.29, 0.717) is 49.9 Å². The quantitative estimate of drug-likeness (QED) is 0.0105. The van der Waals surface area contributed by atoms with Crippen molar-refractivity contribution in [3.8, 4) is 23.0 Å². The van der Waals surface area contributed by atoms with E-state index in [4.69, 9.17) is 35.0 Å². The topological polar surface area (TPSA) is 492 Å². The minimum absolute atomic E-state index is 0.0484. The van der Waals surface area contributed by atoms with E-state index in [9.17, 15) is 72.9 Å². The molecule has 0 saturated heterocycles. The molecule has 0 aliphatic carbocycles. The van der Waals surface area contributed by atoms with Crippen molar-refractivity contribution in [2.24, 2.45) is 0 Å². The van der Waals surface area contributed by atoms with Crippen molar-refractivity contribution in [1.29, 1.82) is 0 Å². The number of aldehydes is 2. The van der Waals surface area contributed by atoms with Crippen molar-refractivity contribution in [1.82, 2.24) is 24.9 Å². The molecule has 10 N–H and O–H groups in total. The van der Waals surface area contributed by atoms with Gasteiger partial charge in [-0.3, -0.25) is 38.7 Å². The van der Waals surface area contributed by atoms with Gasteiger partial charge in [0.1, 0.15) is 69.7 Å². The molecule has 0 radical (unpaired) electrons. The lowest BCUT2D eigenvalue weighted by molar-refractivity contribution is -0.132. The normalized spacial score (nSPS) is 10.1. The second kappa shape index (κ2) is 53.5. The third-order valence-corrected chi connectivity index (χ3v) is 15.8. The lowest BCUT2D eigenvalue weighted by Crippen LogP contribution is -2.16. The summed E-state index contributed by atoms with van der Waals surface area (Å²) in [7, 11) is 4.82. The number of phenols is 2. The number of aromatic nitrogens is 5. The molecule has 0 amide bonds. The molecule has 5 aromatic heterocycles. The number of pyridine rings is 5. The Balaban J connectivity index is 0.000000300. The van der Waals surface area contributed by atoms with Crippen LogP contribution < -0.4 is 20.3 Å². The van der Waals surface area contributed by atoms with Crippen molar-refractivity contribution in [2.75, 3.05) is 28.4 Å². The number of carboxylic acid groups (broad SMARTS) is 2. The van der Waals surface area contributed by atoms with Crippen LogP contribution in [0.2, 0.25) is 0 Å². The molecule has 6 aromatic carbocycles. The molecule has 0 aliphatic rings. The molecule has 122 heavy (non-hydrogen) atoms. The summed E-state index contributed by atoms with van der Waals surface area (Å²) in [5.74, 6) is -4.64. The molecule has 0 aliphatic heterocycles. The number of hydrogen-bond acceptors (Lipinski definition) is 27. The number of halogens is 2. The van der Waals surface area contributed by atoms with Gasteiger partial charge in [0.25, 0.3) is 0 Å². The van der Waals surface area contributed by atoms with Crippen LogP contribution >= 0.6 is 31.9 Å². The second-order valence-corrected chi connectivity index (χ2v) is 25.8. The second-order valence-electron chi connectivity index (χ2n) is 24.0. The Morgan fingerprint density at radius 3 is 0.918 bits per heavy atom. The molecule has 0 bridgehead atoms. The number of aliphatic hydroxyl groups is 4. The molecule has 11 aromatic rings. The molecule has 0 unspecified atom stereocenters. The maximum atomic E-state index is 11.2. The largest absolute Gasteiger partial charge is 0.508 e. The zero-order valence-electron chi connectivity index (χ0n) is 65.9. The van der Waals surface area contributed by atoms with Crippen molar-refractivity contribution >= 4 is 135 Å². The first-order valence-electron chi connectivity index (χ1n) is 35.3. The third kappa shape index (κ3) is 37.6. The number of hydrogen-bond donors (Lipinski definition) is 10. The number of benzene rings is 6. The van der Waals surface area contributed by atoms with Gasteiger partial charge < -0.3 is 79.2 Å². The Morgan fingerprint density at radius 2 is 0.623 bits per heavy atom. The molecular formula is C89H81Br2N5O26. The van der Waals surface area contributed by atoms with E-state index in [2.05, 4.69) is 82.3 Å². The molecule has 31 nitrogen and oxygen atoms in total. The number of phenolic OH excluding ortho intramolecular Hbond substituents is 2. The highest BCUT2D eigenvalue weighted by Crippen LogP contribution is 2.21. The van der Waals surface area contributed by atoms with E-state index < -0.39 is 58.1 Å². The number of methoxy groups -OCH3 is 4. The summed E-state index contributed by atoms with van der Waals surface area (Å²) in [4.78, 5) is 145. The summed E-state index contributed by atoms with van der Waals surface area (Å²) in [6.45, 7) is 5.92. The van der Waals surface area contributed by atoms with E-state index in [0.717, 1.165) is 80.3 Å². The van der Waals surface area contributed by atoms with Gasteiger partial charge in [0, 0.05) is 58.2 Å². The van der Waals surface area contributed by atoms with Crippen LogP contribution in [0.25, 0.3) is 42.5 Å². The number of aromatic amines is 2. The van der Waals surface area contributed by atoms with Crippen LogP contribution in [-0.2, 0) is 55.0 Å². The lowest BCUT2D eigenvalue weighted by atomic mass is 10.1. The molecule has 0 spiro atoms. The summed E-state index contributed by atoms with van der Waals surface area (Å²) in [6.07, 6.45) is 15.3. The number of aromatic hydroxyl groups is 2. The van der Waals surface area contributed by atoms with Gasteiger partial charge in [0.15, 0.2) is 10.9 Å². The van der Waals surface area contributed by atoms with Crippen LogP contribution in [0.1, 0.15) is 159 Å². The Labute approximate surface area is 713 Å². The minimum atomic E-state index is -1.37. The van der Waals surface area contributed by atoms with Crippen LogP contribution in [0.3, 0.4) is 0 Å². The number of carbonyl (C=O) groups excluding carboxylic acids is 8. The molecule has 632 valence electrons. The molecule has 11 rings (SSSR count). The molecule has 5 heterocycles. The van der Waals surface area contributed by atoms with Gasteiger partial charge in [0.05, 0.1) is 77.6 Å². The fraction of sp³-hybridized carbons (Fsp3) is 0.112. The van der Waals surface area contributed by atoms with Gasteiger partial charge in [-0.1, -0.05) is 154 Å². The minimum Gasteiger partial charge on any atom is -0.508 e. The first-order chi connectivity index (χ1) is 58.3. The molecular weight excluding hydrogens is 1710 g/mol. The van der Waals surface area contributed by atoms with E-state index >= 15 is 0 Å². The number of esters is 6. The summed E-state index contributed by atoms with van der Waals surface area (Å²) >= 11 is 6.38. The Hall–Kier alpha value is -14.9. The number of ether oxygens (including phenoxy) is 6. The number of aromatic carboxylic acids is 2. The summed E-state index contributed by atoms with van der Waals surface area (Å²) < 4.78 is 28.9. The molecule has 0 saturated carbocycles. The highest BCUT2D eigenvalue weighted by Gasteiger charge is 2.16. The van der Waals surface area contributed by atoms with E-state index in [1.54, 1.807) is 84.9 Å². The van der Waals surface area contributed by atoms with E-state index in [1.807, 2.05) is 115 Å². The number of nitrogens with one attached hydrogen (secondary N) is 2. The lowest BCUT2D eigenvalue weighted by Gasteiger charge is -2.03. The standard InChI is InChI=1S/C23H21NO3.C18H16O2.C9H8BrNO4.C9H9NO5.C9H8O3.C7H8BrNO2.C7H5NO5.C7H6O2/c25-15-21-13-20(14-22(16-26)24-21)8-7-18-3-1-17(2-4-18)5-6-19-9-11-23(27)12-10-19;1-3-15-4-6-16(7-5-15)8-9-17-10-12-18(13-11-17)20-14(2)19;1-14-8(12)6-3-5(10)4-7(11-6)9(13)15-2;1-14-8(12)6-3-5(11)4-7(10-6)9(13)15-2;1-7(11)12-9-4-2-8(6-10)3-5-9;8-5-1-6(3-10)9-7(2-5)4-11;9-3-1-4(6(10)11)8-5(2-3)7(12)13;8-5-6-1-3-7(9)4-2-6/h1-14,25-27H,15-16H2;3-13H,1H2,2H3;3-4H,1-2H3;3-4H,1-2H3,(H,10,11);2-6H,1H3;1-2,10-11H,3-4H2;1-2H,(H,8,9)(H,10,11)(H,12,13);1-5,9H/b6-5+,8-7+;9-8+;;;;;;. The number of carbonyl (C=O) groups is 10. The number of rotatable bonds is 21. The molecule has 0 atom stereocenters. The van der Waals surface area contributed by atoms with Crippen molar-refractivity contribution in [3.63, 3.8) is 0 Å². The fourth-order valence-corrected chi connectivity index (χ4v) is 10.1. The molecule has 0 fully saturated rings. The van der Waals surface area contributed by atoms with Gasteiger partial charge in [-0.25, -0.2) is 33.8 Å². The summed E-state index contributed by atoms with van der Waals surface area (Å²) in [5.41, 5.74) is 8.54. The third-order valence-electron chi connectivity index (χ3n) is 14.9. The van der Waals surface area contributed by atoms with Gasteiger partial charge in [-0.2, -0.15) is 0 Å². The maximum absolute atomic E-state index is 11.2. The first kappa shape index (κ1) is 99.5. The predicted octanol–water partition coefficient (Wildman–Crippen LogP) is 13.1. The van der Waals surface area contributed by atoms with Crippen LogP contribution in [-0.4, -0.2) is 155 Å². The highest BCUT2D eigenvalue weighted by molar-refractivity contribution is 9.10. The number of aliphatic hydroxyl groups excluding tert-OH is 4. The summed E-state index contributed by atoms with van der Waals surface area (Å²) in [6, 6.07) is 56.7. The van der Waals surface area contributed by atoms with Crippen molar-refractivity contribution < 1.29 is 117 Å². The number of carboxylic acids is 2. The van der Waals surface area contributed by atoms with E-state index in [-0.39, 0.29) is 72.6 Å². The van der Waals surface area contributed by atoms with Crippen molar-refractivity contribution in [2.45, 2.75) is 40.3 Å². The van der Waals surface area contributed by atoms with Gasteiger partial charge >= 0.3 is 47.8 Å². The van der Waals surface area contributed by atoms with Crippen LogP contribution in [0, 0.1) is 0 Å². The van der Waals surface area contributed by atoms with Crippen LogP contribution in [0.5, 0.6) is 23.0 Å². The monoisotopic (exact) mass is 1790 g/mol. The van der Waals surface area contributed by atoms with E-state index in [1.165, 1.54) is 66.6 Å². The SMILES string of the molecule is C=Cc1ccc(/C=C/c2ccc(OC(C)=O)cc2)cc1.CC(=O)Oc1ccc(C=O)cc1.COC(=O)c1cc(=O)cc(C(=O)OC)[nH]1.COC(=O)c1cc(Br)cc(C(=O)OC)n1.O=C(O)c1cc(=O)cc(C(=O)O)[nH]1.O=Cc1ccc(O)cc1.OCc1cc(/C=C/c2ccc(/C=C/c3ccc(O)cc3)cc2)cc(CO)n1.OCc1cc(Br)cc(CO)n1. The highest BCUT2D eigenvalue weighted by atomic mass is 79.9.